The average molecular weight is 302 g/mol. The lowest BCUT2D eigenvalue weighted by molar-refractivity contribution is -0.233. The lowest BCUT2D eigenvalue weighted by Crippen LogP contribution is -2.45. The molecule has 0 bridgehead atoms. The van der Waals surface area contributed by atoms with Gasteiger partial charge in [-0.1, -0.05) is 19.8 Å². The summed E-state index contributed by atoms with van der Waals surface area (Å²) in [5, 5.41) is 0. The minimum absolute atomic E-state index is 0.195. The molecular weight excluding hydrogens is 276 g/mol. The Morgan fingerprint density at radius 1 is 1.05 bits per heavy atom. The van der Waals surface area contributed by atoms with Crippen LogP contribution in [0.25, 0.3) is 0 Å². The topological polar surface area (TPSA) is 71.1 Å². The van der Waals surface area contributed by atoms with E-state index in [1.54, 1.807) is 13.8 Å². The van der Waals surface area contributed by atoms with Crippen molar-refractivity contribution in [2.24, 2.45) is 11.8 Å². The third-order valence-corrected chi connectivity index (χ3v) is 3.31. The molecule has 0 aromatic rings. The van der Waals surface area contributed by atoms with Crippen molar-refractivity contribution < 1.29 is 28.5 Å². The second-order valence-electron chi connectivity index (χ2n) is 5.03. The fraction of sp³-hybridized carbons (Fsp3) is 0.867. The Kier molecular flexibility index (Phi) is 8.30. The first-order chi connectivity index (χ1) is 10.1. The van der Waals surface area contributed by atoms with Gasteiger partial charge >= 0.3 is 11.9 Å². The van der Waals surface area contributed by atoms with E-state index < -0.39 is 24.1 Å². The lowest BCUT2D eigenvalue weighted by Gasteiger charge is -2.32. The Hall–Kier alpha value is -1.14. The van der Waals surface area contributed by atoms with Crippen LogP contribution < -0.4 is 0 Å². The number of ether oxygens (including phenoxy) is 4. The van der Waals surface area contributed by atoms with Gasteiger partial charge in [-0.2, -0.15) is 0 Å². The third kappa shape index (κ3) is 5.63. The van der Waals surface area contributed by atoms with E-state index in [-0.39, 0.29) is 13.2 Å². The summed E-state index contributed by atoms with van der Waals surface area (Å²) in [6.45, 7) is 6.86. The minimum Gasteiger partial charge on any atom is -0.465 e. The Balaban J connectivity index is 2.59. The molecule has 0 spiro atoms. The fourth-order valence-electron chi connectivity index (χ4n) is 2.19. The zero-order valence-electron chi connectivity index (χ0n) is 13.1. The van der Waals surface area contributed by atoms with Gasteiger partial charge in [-0.05, 0) is 20.3 Å². The molecule has 0 aromatic carbocycles. The number of carbonyl (C=O) groups excluding carboxylic acids is 2. The first-order valence-corrected chi connectivity index (χ1v) is 7.70. The smallest absolute Gasteiger partial charge is 0.325 e. The van der Waals surface area contributed by atoms with E-state index in [1.165, 1.54) is 0 Å². The standard InChI is InChI=1S/C15H26O6/c1-4-7-8-11-9-20-15(21-10-11)12(13(16)18-5-2)14(17)19-6-3/h11-12,15H,4-10H2,1-3H3. The van der Waals surface area contributed by atoms with Crippen LogP contribution in [0.2, 0.25) is 0 Å². The van der Waals surface area contributed by atoms with E-state index in [0.29, 0.717) is 19.1 Å². The van der Waals surface area contributed by atoms with Crippen molar-refractivity contribution in [2.45, 2.75) is 46.3 Å². The Labute approximate surface area is 126 Å². The minimum atomic E-state index is -1.17. The largest absolute Gasteiger partial charge is 0.465 e. The van der Waals surface area contributed by atoms with Crippen molar-refractivity contribution in [3.8, 4) is 0 Å². The maximum atomic E-state index is 11.9. The van der Waals surface area contributed by atoms with Gasteiger partial charge in [0.25, 0.3) is 0 Å². The molecule has 1 heterocycles. The summed E-state index contributed by atoms with van der Waals surface area (Å²) in [5.74, 6) is -2.18. The van der Waals surface area contributed by atoms with Crippen LogP contribution in [0.3, 0.4) is 0 Å². The quantitative estimate of drug-likeness (QED) is 0.504. The van der Waals surface area contributed by atoms with Gasteiger partial charge in [-0.15, -0.1) is 0 Å². The normalized spacial score (nSPS) is 22.1. The van der Waals surface area contributed by atoms with E-state index in [0.717, 1.165) is 19.3 Å². The van der Waals surface area contributed by atoms with Gasteiger partial charge in [0, 0.05) is 5.92 Å². The number of esters is 2. The van der Waals surface area contributed by atoms with Crippen LogP contribution >= 0.6 is 0 Å². The van der Waals surface area contributed by atoms with E-state index >= 15 is 0 Å². The Morgan fingerprint density at radius 3 is 2.00 bits per heavy atom. The van der Waals surface area contributed by atoms with E-state index in [2.05, 4.69) is 6.92 Å². The Morgan fingerprint density at radius 2 is 1.57 bits per heavy atom. The maximum Gasteiger partial charge on any atom is 0.325 e. The van der Waals surface area contributed by atoms with E-state index in [4.69, 9.17) is 18.9 Å². The predicted molar refractivity (Wildman–Crippen MR) is 75.5 cm³/mol. The number of hydrogen-bond donors (Lipinski definition) is 0. The molecule has 0 unspecified atom stereocenters. The molecule has 6 nitrogen and oxygen atoms in total. The zero-order valence-corrected chi connectivity index (χ0v) is 13.1. The number of carbonyl (C=O) groups is 2. The molecule has 0 N–H and O–H groups in total. The fourth-order valence-corrected chi connectivity index (χ4v) is 2.19. The van der Waals surface area contributed by atoms with Crippen molar-refractivity contribution >= 4 is 11.9 Å². The van der Waals surface area contributed by atoms with Crippen LogP contribution in [0.4, 0.5) is 0 Å². The number of hydrogen-bond acceptors (Lipinski definition) is 6. The van der Waals surface area contributed by atoms with Crippen LogP contribution in [0.1, 0.15) is 40.0 Å². The van der Waals surface area contributed by atoms with Crippen LogP contribution in [-0.2, 0) is 28.5 Å². The second-order valence-corrected chi connectivity index (χ2v) is 5.03. The summed E-state index contributed by atoms with van der Waals surface area (Å²) in [5.41, 5.74) is 0. The summed E-state index contributed by atoms with van der Waals surface area (Å²) < 4.78 is 21.0. The molecule has 0 saturated carbocycles. The molecule has 6 heteroatoms. The third-order valence-electron chi connectivity index (χ3n) is 3.31. The average Bonchev–Trinajstić information content (AvgIpc) is 2.47. The van der Waals surface area contributed by atoms with Crippen LogP contribution in [0, 0.1) is 11.8 Å². The van der Waals surface area contributed by atoms with Gasteiger partial charge in [0.05, 0.1) is 26.4 Å². The molecule has 0 atom stereocenters. The molecule has 1 aliphatic heterocycles. The highest BCUT2D eigenvalue weighted by molar-refractivity contribution is 5.95. The summed E-state index contributed by atoms with van der Waals surface area (Å²) in [6, 6.07) is 0. The van der Waals surface area contributed by atoms with Gasteiger partial charge in [-0.3, -0.25) is 9.59 Å². The molecule has 1 rings (SSSR count). The van der Waals surface area contributed by atoms with Gasteiger partial charge in [0.2, 0.25) is 5.92 Å². The lowest BCUT2D eigenvalue weighted by atomic mass is 10.0. The van der Waals surface area contributed by atoms with Crippen molar-refractivity contribution in [3.63, 3.8) is 0 Å². The highest BCUT2D eigenvalue weighted by atomic mass is 16.7. The zero-order chi connectivity index (χ0) is 15.7. The molecular formula is C15H26O6. The molecule has 0 aromatic heterocycles. The van der Waals surface area contributed by atoms with Crippen molar-refractivity contribution in [1.82, 2.24) is 0 Å². The van der Waals surface area contributed by atoms with Crippen molar-refractivity contribution in [1.29, 1.82) is 0 Å². The highest BCUT2D eigenvalue weighted by Gasteiger charge is 2.41. The summed E-state index contributed by atoms with van der Waals surface area (Å²) in [7, 11) is 0. The summed E-state index contributed by atoms with van der Waals surface area (Å²) in [4.78, 5) is 23.9. The van der Waals surface area contributed by atoms with Crippen LogP contribution in [0.15, 0.2) is 0 Å². The molecule has 1 aliphatic rings. The molecule has 1 saturated heterocycles. The Bertz CT molecular complexity index is 304. The predicted octanol–water partition coefficient (Wildman–Crippen LogP) is 1.91. The molecule has 0 aliphatic carbocycles. The molecule has 1 fully saturated rings. The molecule has 0 radical (unpaired) electrons. The maximum absolute atomic E-state index is 11.9. The first kappa shape index (κ1) is 17.9. The van der Waals surface area contributed by atoms with Crippen molar-refractivity contribution in [3.05, 3.63) is 0 Å². The van der Waals surface area contributed by atoms with E-state index in [9.17, 15) is 9.59 Å². The number of unbranched alkanes of at least 4 members (excludes halogenated alkanes) is 1. The molecule has 122 valence electrons. The summed E-state index contributed by atoms with van der Waals surface area (Å²) in [6.07, 6.45) is 2.34. The van der Waals surface area contributed by atoms with Gasteiger partial charge < -0.3 is 18.9 Å². The monoisotopic (exact) mass is 302 g/mol. The van der Waals surface area contributed by atoms with Gasteiger partial charge in [0.15, 0.2) is 6.29 Å². The van der Waals surface area contributed by atoms with E-state index in [1.807, 2.05) is 0 Å². The van der Waals surface area contributed by atoms with Crippen LogP contribution in [0.5, 0.6) is 0 Å². The SMILES string of the molecule is CCCCC1COC(C(C(=O)OCC)C(=O)OCC)OC1. The molecule has 21 heavy (non-hydrogen) atoms. The van der Waals surface area contributed by atoms with Crippen LogP contribution in [-0.4, -0.2) is 44.7 Å². The number of rotatable bonds is 8. The highest BCUT2D eigenvalue weighted by Crippen LogP contribution is 2.23. The molecule has 0 amide bonds. The first-order valence-electron chi connectivity index (χ1n) is 7.70. The van der Waals surface area contributed by atoms with Crippen molar-refractivity contribution in [2.75, 3.05) is 26.4 Å². The summed E-state index contributed by atoms with van der Waals surface area (Å²) >= 11 is 0. The second kappa shape index (κ2) is 9.73. The van der Waals surface area contributed by atoms with Gasteiger partial charge in [0.1, 0.15) is 0 Å². The van der Waals surface area contributed by atoms with Gasteiger partial charge in [-0.25, -0.2) is 0 Å².